The first-order chi connectivity index (χ1) is 5.76. The van der Waals surface area contributed by atoms with Crippen molar-refractivity contribution in [3.63, 3.8) is 0 Å². The van der Waals surface area contributed by atoms with E-state index in [9.17, 15) is 0 Å². The number of nitrogens with two attached hydrogens (primary N) is 1. The zero-order valence-corrected chi connectivity index (χ0v) is 7.33. The molecule has 0 aromatic heterocycles. The molecule has 2 heteroatoms. The summed E-state index contributed by atoms with van der Waals surface area (Å²) in [4.78, 5) is 4.06. The first-order valence-electron chi connectivity index (χ1n) is 3.66. The molecule has 0 aliphatic rings. The molecule has 0 fully saturated rings. The summed E-state index contributed by atoms with van der Waals surface area (Å²) in [6, 6.07) is 0. The molecule has 2 nitrogen and oxygen atoms in total. The van der Waals surface area contributed by atoms with E-state index in [0.717, 1.165) is 0 Å². The van der Waals surface area contributed by atoms with Gasteiger partial charge in [-0.1, -0.05) is 19.2 Å². The summed E-state index contributed by atoms with van der Waals surface area (Å²) < 4.78 is 0. The van der Waals surface area contributed by atoms with Crippen LogP contribution in [0.25, 0.3) is 0 Å². The van der Waals surface area contributed by atoms with Crippen molar-refractivity contribution in [1.29, 1.82) is 0 Å². The molecule has 0 heterocycles. The largest absolute Gasteiger partial charge is 0.397 e. The SMILES string of the molecule is C=C/C(N)=C(C=C)/N=C\C=C/C. The van der Waals surface area contributed by atoms with Gasteiger partial charge in [-0.15, -0.1) is 0 Å². The van der Waals surface area contributed by atoms with Crippen molar-refractivity contribution < 1.29 is 0 Å². The van der Waals surface area contributed by atoms with Crippen molar-refractivity contribution >= 4 is 6.21 Å². The number of nitrogens with zero attached hydrogens (tertiary/aromatic N) is 1. The lowest BCUT2D eigenvalue weighted by Gasteiger charge is -1.95. The average Bonchev–Trinajstić information content (AvgIpc) is 2.11. The third-order valence-electron chi connectivity index (χ3n) is 1.20. The predicted octanol–water partition coefficient (Wildman–Crippen LogP) is 2.18. The maximum atomic E-state index is 5.56. The Labute approximate surface area is 73.5 Å². The van der Waals surface area contributed by atoms with E-state index < -0.39 is 0 Å². The van der Waals surface area contributed by atoms with Crippen LogP contribution in [0.2, 0.25) is 0 Å². The number of hydrogen-bond donors (Lipinski definition) is 1. The van der Waals surface area contributed by atoms with Gasteiger partial charge in [-0.3, -0.25) is 4.99 Å². The Balaban J connectivity index is 4.58. The van der Waals surface area contributed by atoms with Gasteiger partial charge in [-0.2, -0.15) is 0 Å². The fourth-order valence-corrected chi connectivity index (χ4v) is 0.559. The Morgan fingerprint density at radius 1 is 1.33 bits per heavy atom. The monoisotopic (exact) mass is 162 g/mol. The summed E-state index contributed by atoms with van der Waals surface area (Å²) in [5.41, 5.74) is 6.74. The van der Waals surface area contributed by atoms with Gasteiger partial charge in [0.25, 0.3) is 0 Å². The van der Waals surface area contributed by atoms with E-state index >= 15 is 0 Å². The standard InChI is InChI=1S/C10H14N2/c1-4-7-8-12-10(6-3)9(11)5-2/h4-8H,2-3,11H2,1H3/b7-4-,10-9-,12-8-. The highest BCUT2D eigenvalue weighted by atomic mass is 14.8. The maximum Gasteiger partial charge on any atom is 0.0852 e. The molecule has 0 unspecified atom stereocenters. The van der Waals surface area contributed by atoms with E-state index in [4.69, 9.17) is 5.73 Å². The highest BCUT2D eigenvalue weighted by Gasteiger charge is 1.89. The third kappa shape index (κ3) is 3.56. The third-order valence-corrected chi connectivity index (χ3v) is 1.20. The zero-order valence-electron chi connectivity index (χ0n) is 7.33. The van der Waals surface area contributed by atoms with Crippen molar-refractivity contribution in [3.8, 4) is 0 Å². The van der Waals surface area contributed by atoms with E-state index in [2.05, 4.69) is 18.2 Å². The Bertz CT molecular complexity index is 245. The van der Waals surface area contributed by atoms with Crippen LogP contribution in [0.5, 0.6) is 0 Å². The molecule has 0 saturated carbocycles. The van der Waals surface area contributed by atoms with Gasteiger partial charge in [-0.05, 0) is 25.2 Å². The van der Waals surface area contributed by atoms with Crippen LogP contribution < -0.4 is 5.73 Å². The van der Waals surface area contributed by atoms with Crippen LogP contribution in [0.3, 0.4) is 0 Å². The number of hydrogen-bond acceptors (Lipinski definition) is 2. The minimum Gasteiger partial charge on any atom is -0.397 e. The molecule has 0 aliphatic carbocycles. The molecule has 0 aliphatic heterocycles. The summed E-state index contributed by atoms with van der Waals surface area (Å²) >= 11 is 0. The lowest BCUT2D eigenvalue weighted by Crippen LogP contribution is -1.95. The van der Waals surface area contributed by atoms with Crippen LogP contribution >= 0.6 is 0 Å². The molecule has 0 aromatic carbocycles. The lowest BCUT2D eigenvalue weighted by atomic mass is 10.3. The molecule has 64 valence electrons. The molecule has 0 saturated heterocycles. The second-order valence-electron chi connectivity index (χ2n) is 2.05. The second-order valence-corrected chi connectivity index (χ2v) is 2.05. The van der Waals surface area contributed by atoms with Crippen LogP contribution in [-0.4, -0.2) is 6.21 Å². The minimum atomic E-state index is 0.533. The quantitative estimate of drug-likeness (QED) is 0.499. The smallest absolute Gasteiger partial charge is 0.0852 e. The topological polar surface area (TPSA) is 38.4 Å². The molecule has 0 amide bonds. The number of rotatable bonds is 4. The fourth-order valence-electron chi connectivity index (χ4n) is 0.559. The van der Waals surface area contributed by atoms with E-state index in [1.165, 1.54) is 0 Å². The van der Waals surface area contributed by atoms with Crippen LogP contribution in [-0.2, 0) is 0 Å². The maximum absolute atomic E-state index is 5.56. The van der Waals surface area contributed by atoms with Gasteiger partial charge in [0, 0.05) is 6.21 Å². The van der Waals surface area contributed by atoms with Gasteiger partial charge in [0.2, 0.25) is 0 Å². The molecule has 0 rings (SSSR count). The molecule has 0 bridgehead atoms. The zero-order chi connectivity index (χ0) is 9.40. The minimum absolute atomic E-state index is 0.533. The molecule has 0 spiro atoms. The van der Waals surface area contributed by atoms with E-state index in [1.54, 1.807) is 18.4 Å². The highest BCUT2D eigenvalue weighted by Crippen LogP contribution is 2.01. The molecule has 0 atom stereocenters. The first kappa shape index (κ1) is 10.4. The van der Waals surface area contributed by atoms with Gasteiger partial charge in [0.15, 0.2) is 0 Å². The van der Waals surface area contributed by atoms with Crippen LogP contribution in [0.4, 0.5) is 0 Å². The van der Waals surface area contributed by atoms with E-state index in [1.807, 2.05) is 19.1 Å². The molecule has 2 N–H and O–H groups in total. The van der Waals surface area contributed by atoms with Crippen molar-refractivity contribution in [2.75, 3.05) is 0 Å². The number of aliphatic imine (C=N–C) groups is 1. The summed E-state index contributed by atoms with van der Waals surface area (Å²) in [6.45, 7) is 9.04. The van der Waals surface area contributed by atoms with Gasteiger partial charge >= 0.3 is 0 Å². The van der Waals surface area contributed by atoms with Crippen LogP contribution in [0.15, 0.2) is 53.8 Å². The Morgan fingerprint density at radius 3 is 2.42 bits per heavy atom. The van der Waals surface area contributed by atoms with Crippen LogP contribution in [0.1, 0.15) is 6.92 Å². The molecular formula is C10H14N2. The summed E-state index contributed by atoms with van der Waals surface area (Å²) in [5.74, 6) is 0. The van der Waals surface area contributed by atoms with E-state index in [0.29, 0.717) is 11.4 Å². The van der Waals surface area contributed by atoms with Gasteiger partial charge in [0.05, 0.1) is 11.4 Å². The lowest BCUT2D eigenvalue weighted by molar-refractivity contribution is 1.29. The Morgan fingerprint density at radius 2 is 2.00 bits per heavy atom. The fraction of sp³-hybridized carbons (Fsp3) is 0.100. The molecule has 0 aromatic rings. The van der Waals surface area contributed by atoms with E-state index in [-0.39, 0.29) is 0 Å². The molecule has 0 radical (unpaired) electrons. The molecular weight excluding hydrogens is 148 g/mol. The normalized spacial score (nSPS) is 13.4. The predicted molar refractivity (Wildman–Crippen MR) is 54.9 cm³/mol. The Hall–Kier alpha value is -1.57. The van der Waals surface area contributed by atoms with Gasteiger partial charge in [-0.25, -0.2) is 0 Å². The summed E-state index contributed by atoms with van der Waals surface area (Å²) in [5, 5.41) is 0. The first-order valence-corrected chi connectivity index (χ1v) is 3.66. The average molecular weight is 162 g/mol. The van der Waals surface area contributed by atoms with Crippen molar-refractivity contribution in [3.05, 3.63) is 48.9 Å². The van der Waals surface area contributed by atoms with Crippen molar-refractivity contribution in [2.24, 2.45) is 10.7 Å². The van der Waals surface area contributed by atoms with Gasteiger partial charge in [0.1, 0.15) is 0 Å². The van der Waals surface area contributed by atoms with Crippen molar-refractivity contribution in [1.82, 2.24) is 0 Å². The summed E-state index contributed by atoms with van der Waals surface area (Å²) in [6.07, 6.45) is 8.50. The van der Waals surface area contributed by atoms with Gasteiger partial charge < -0.3 is 5.73 Å². The van der Waals surface area contributed by atoms with Crippen LogP contribution in [0, 0.1) is 0 Å². The Kier molecular flexibility index (Phi) is 5.35. The summed E-state index contributed by atoms with van der Waals surface area (Å²) in [7, 11) is 0. The van der Waals surface area contributed by atoms with Crippen molar-refractivity contribution in [2.45, 2.75) is 6.92 Å². The second kappa shape index (κ2) is 6.16. The molecule has 12 heavy (non-hydrogen) atoms. The number of allylic oxidation sites excluding steroid dienone is 4. The highest BCUT2D eigenvalue weighted by molar-refractivity contribution is 5.72.